The Kier molecular flexibility index (Phi) is 5.86. The number of nitrogens with one attached hydrogen (secondary N) is 1. The van der Waals surface area contributed by atoms with E-state index in [0.29, 0.717) is 34.2 Å². The molecule has 0 fully saturated rings. The second kappa shape index (κ2) is 8.14. The van der Waals surface area contributed by atoms with Gasteiger partial charge in [-0.1, -0.05) is 17.8 Å². The molecule has 0 saturated heterocycles. The Morgan fingerprint density at radius 2 is 2.30 bits per heavy atom. The van der Waals surface area contributed by atoms with Crippen LogP contribution >= 0.6 is 23.1 Å². The fourth-order valence-electron chi connectivity index (χ4n) is 2.63. The molecule has 0 bridgehead atoms. The van der Waals surface area contributed by atoms with Gasteiger partial charge in [-0.3, -0.25) is 14.2 Å². The molecule has 0 aromatic carbocycles. The van der Waals surface area contributed by atoms with Gasteiger partial charge < -0.3 is 9.73 Å². The number of allylic oxidation sites excluding steroid dienone is 1. The molecular weight excluding hydrogens is 382 g/mol. The average Bonchev–Trinajstić information content (AvgIpc) is 3.24. The molecule has 0 radical (unpaired) electrons. The number of aromatic nitrogens is 2. The lowest BCUT2D eigenvalue weighted by Gasteiger charge is -2.14. The van der Waals surface area contributed by atoms with Gasteiger partial charge in [-0.25, -0.2) is 4.98 Å². The minimum absolute atomic E-state index is 0.0903. The van der Waals surface area contributed by atoms with Gasteiger partial charge in [-0.05, 0) is 38.5 Å². The molecular formula is C19H21N3O3S2. The molecule has 8 heteroatoms. The monoisotopic (exact) mass is 403 g/mol. The summed E-state index contributed by atoms with van der Waals surface area (Å²) in [5.74, 6) is 0.544. The maximum Gasteiger partial charge on any atom is 0.263 e. The topological polar surface area (TPSA) is 77.1 Å². The molecule has 3 aromatic rings. The summed E-state index contributed by atoms with van der Waals surface area (Å²) in [5.41, 5.74) is 0.874. The molecule has 3 aromatic heterocycles. The first-order chi connectivity index (χ1) is 12.9. The quantitative estimate of drug-likeness (QED) is 0.370. The van der Waals surface area contributed by atoms with Crippen molar-refractivity contribution in [2.75, 3.05) is 0 Å². The largest absolute Gasteiger partial charge is 0.467 e. The number of carbonyl (C=O) groups excluding carboxylic acids is 1. The van der Waals surface area contributed by atoms with Gasteiger partial charge >= 0.3 is 0 Å². The smallest absolute Gasteiger partial charge is 0.263 e. The van der Waals surface area contributed by atoms with Crippen LogP contribution < -0.4 is 10.9 Å². The highest BCUT2D eigenvalue weighted by molar-refractivity contribution is 8.00. The maximum absolute atomic E-state index is 13.0. The Balaban J connectivity index is 1.86. The second-order valence-corrected chi connectivity index (χ2v) is 8.63. The molecule has 1 atom stereocenters. The third-order valence-corrected chi connectivity index (χ3v) is 6.43. The lowest BCUT2D eigenvalue weighted by atomic mass is 10.2. The Morgan fingerprint density at radius 3 is 2.96 bits per heavy atom. The molecule has 142 valence electrons. The van der Waals surface area contributed by atoms with Crippen molar-refractivity contribution in [1.82, 2.24) is 14.9 Å². The standard InChI is InChI=1S/C19H21N3O3S2/c1-5-8-22-18(24)15-11(2)12(3)26-17(15)21-19(22)27-13(4)16(23)20-10-14-7-6-9-25-14/h5-7,9,13H,1,8,10H2,2-4H3,(H,20,23)/t13-/m1/s1. The van der Waals surface area contributed by atoms with E-state index < -0.39 is 5.25 Å². The summed E-state index contributed by atoms with van der Waals surface area (Å²) in [6.07, 6.45) is 3.23. The number of aryl methyl sites for hydroxylation is 2. The van der Waals surface area contributed by atoms with Crippen LogP contribution in [-0.2, 0) is 17.9 Å². The Morgan fingerprint density at radius 1 is 1.52 bits per heavy atom. The first-order valence-corrected chi connectivity index (χ1v) is 10.2. The molecule has 3 rings (SSSR count). The maximum atomic E-state index is 13.0. The van der Waals surface area contributed by atoms with Crippen LogP contribution in [0.25, 0.3) is 10.2 Å². The van der Waals surface area contributed by atoms with Crippen LogP contribution in [0.2, 0.25) is 0 Å². The third-order valence-electron chi connectivity index (χ3n) is 4.23. The molecule has 1 amide bonds. The lowest BCUT2D eigenvalue weighted by Crippen LogP contribution is -2.31. The molecule has 0 aliphatic carbocycles. The van der Waals surface area contributed by atoms with E-state index in [2.05, 4.69) is 16.9 Å². The minimum atomic E-state index is -0.414. The molecule has 0 aliphatic rings. The highest BCUT2D eigenvalue weighted by Gasteiger charge is 2.21. The highest BCUT2D eigenvalue weighted by atomic mass is 32.2. The van der Waals surface area contributed by atoms with Gasteiger partial charge in [-0.15, -0.1) is 17.9 Å². The van der Waals surface area contributed by atoms with Crippen molar-refractivity contribution in [1.29, 1.82) is 0 Å². The SMILES string of the molecule is C=CCn1c(S[C@H](C)C(=O)NCc2ccco2)nc2sc(C)c(C)c2c1=O. The molecule has 27 heavy (non-hydrogen) atoms. The third kappa shape index (κ3) is 4.01. The number of thioether (sulfide) groups is 1. The van der Waals surface area contributed by atoms with Gasteiger partial charge in [0, 0.05) is 11.4 Å². The van der Waals surface area contributed by atoms with E-state index in [9.17, 15) is 9.59 Å². The van der Waals surface area contributed by atoms with Crippen molar-refractivity contribution < 1.29 is 9.21 Å². The number of hydrogen-bond acceptors (Lipinski definition) is 6. The normalized spacial score (nSPS) is 12.3. The van der Waals surface area contributed by atoms with Crippen LogP contribution in [-0.4, -0.2) is 20.7 Å². The summed E-state index contributed by atoms with van der Waals surface area (Å²) in [4.78, 5) is 31.8. The van der Waals surface area contributed by atoms with Crippen molar-refractivity contribution in [3.63, 3.8) is 0 Å². The van der Waals surface area contributed by atoms with Crippen LogP contribution in [0.4, 0.5) is 0 Å². The first-order valence-electron chi connectivity index (χ1n) is 8.50. The van der Waals surface area contributed by atoms with Crippen LogP contribution in [0.3, 0.4) is 0 Å². The van der Waals surface area contributed by atoms with E-state index in [4.69, 9.17) is 4.42 Å². The van der Waals surface area contributed by atoms with Crippen molar-refractivity contribution in [3.8, 4) is 0 Å². The molecule has 0 unspecified atom stereocenters. The predicted octanol–water partition coefficient (Wildman–Crippen LogP) is 3.65. The van der Waals surface area contributed by atoms with Gasteiger partial charge in [0.1, 0.15) is 10.6 Å². The van der Waals surface area contributed by atoms with Crippen LogP contribution in [0, 0.1) is 13.8 Å². The summed E-state index contributed by atoms with van der Waals surface area (Å²) >= 11 is 2.77. The number of rotatable bonds is 7. The summed E-state index contributed by atoms with van der Waals surface area (Å²) < 4.78 is 6.80. The fourth-order valence-corrected chi connectivity index (χ4v) is 4.64. The van der Waals surface area contributed by atoms with Gasteiger partial charge in [0.25, 0.3) is 5.56 Å². The average molecular weight is 404 g/mol. The van der Waals surface area contributed by atoms with Crippen molar-refractivity contribution in [3.05, 3.63) is 57.6 Å². The second-order valence-electron chi connectivity index (χ2n) is 6.12. The predicted molar refractivity (Wildman–Crippen MR) is 109 cm³/mol. The van der Waals surface area contributed by atoms with E-state index >= 15 is 0 Å². The highest BCUT2D eigenvalue weighted by Crippen LogP contribution is 2.29. The molecule has 3 heterocycles. The number of hydrogen-bond donors (Lipinski definition) is 1. The number of furan rings is 1. The Hall–Kier alpha value is -2.32. The van der Waals surface area contributed by atoms with Gasteiger partial charge in [0.2, 0.25) is 5.91 Å². The number of fused-ring (bicyclic) bond motifs is 1. The Bertz CT molecular complexity index is 1030. The molecule has 6 nitrogen and oxygen atoms in total. The molecule has 0 aliphatic heterocycles. The van der Waals surface area contributed by atoms with E-state index in [-0.39, 0.29) is 11.5 Å². The Labute approximate surface area is 165 Å². The van der Waals surface area contributed by atoms with Crippen molar-refractivity contribution >= 4 is 39.2 Å². The number of thiophene rings is 1. The van der Waals surface area contributed by atoms with Gasteiger partial charge in [0.15, 0.2) is 5.16 Å². The summed E-state index contributed by atoms with van der Waals surface area (Å²) in [7, 11) is 0. The molecule has 0 spiro atoms. The van der Waals surface area contributed by atoms with Gasteiger partial charge in [-0.2, -0.15) is 0 Å². The molecule has 1 N–H and O–H groups in total. The van der Waals surface area contributed by atoms with Crippen LogP contribution in [0.15, 0.2) is 45.4 Å². The zero-order valence-corrected chi connectivity index (χ0v) is 17.1. The van der Waals surface area contributed by atoms with Crippen molar-refractivity contribution in [2.45, 2.75) is 44.3 Å². The van der Waals surface area contributed by atoms with E-state index in [1.165, 1.54) is 23.1 Å². The number of amides is 1. The minimum Gasteiger partial charge on any atom is -0.467 e. The van der Waals surface area contributed by atoms with Crippen LogP contribution in [0.1, 0.15) is 23.1 Å². The zero-order valence-electron chi connectivity index (χ0n) is 15.4. The fraction of sp³-hybridized carbons (Fsp3) is 0.316. The summed E-state index contributed by atoms with van der Waals surface area (Å²) in [5, 5.41) is 3.59. The van der Waals surface area contributed by atoms with Gasteiger partial charge in [0.05, 0.1) is 23.4 Å². The number of nitrogens with zero attached hydrogens (tertiary/aromatic N) is 2. The number of carbonyl (C=O) groups is 1. The molecule has 0 saturated carbocycles. The van der Waals surface area contributed by atoms with E-state index in [0.717, 1.165) is 10.4 Å². The summed E-state index contributed by atoms with van der Waals surface area (Å²) in [6, 6.07) is 3.58. The first kappa shape index (κ1) is 19.4. The van der Waals surface area contributed by atoms with Crippen LogP contribution in [0.5, 0.6) is 0 Å². The zero-order chi connectivity index (χ0) is 19.6. The summed E-state index contributed by atoms with van der Waals surface area (Å²) in [6.45, 7) is 10.1. The van der Waals surface area contributed by atoms with E-state index in [1.807, 2.05) is 13.8 Å². The lowest BCUT2D eigenvalue weighted by molar-refractivity contribution is -0.120. The van der Waals surface area contributed by atoms with Crippen molar-refractivity contribution in [2.24, 2.45) is 0 Å². The van der Waals surface area contributed by atoms with E-state index in [1.54, 1.807) is 36.0 Å².